The summed E-state index contributed by atoms with van der Waals surface area (Å²) < 4.78 is 2.13. The standard InChI is InChI=1S/C22H26N2O2S/c1-15-7-4-5-8-18(15)14-24-16(2)20(21(17(24)3)22(25)26)13-23-11-10-19-9-6-12-27-19/h4-9,12,23H,10-11,13-14H2,1-3H3,(H,25,26). The molecule has 0 amide bonds. The second-order valence-corrected chi connectivity index (χ2v) is 7.88. The van der Waals surface area contributed by atoms with Gasteiger partial charge >= 0.3 is 5.97 Å². The highest BCUT2D eigenvalue weighted by Gasteiger charge is 2.22. The van der Waals surface area contributed by atoms with E-state index in [0.717, 1.165) is 29.9 Å². The number of aryl methyl sites for hydroxylation is 1. The first-order valence-electron chi connectivity index (χ1n) is 9.18. The zero-order chi connectivity index (χ0) is 19.4. The molecule has 0 bridgehead atoms. The first-order chi connectivity index (χ1) is 13.0. The summed E-state index contributed by atoms with van der Waals surface area (Å²) in [6.07, 6.45) is 0.960. The number of carboxylic acid groups (broad SMARTS) is 1. The van der Waals surface area contributed by atoms with Gasteiger partial charge < -0.3 is 15.0 Å². The molecule has 0 aliphatic heterocycles. The lowest BCUT2D eigenvalue weighted by molar-refractivity contribution is 0.0694. The molecular formula is C22H26N2O2S. The molecular weight excluding hydrogens is 356 g/mol. The normalized spacial score (nSPS) is 11.1. The topological polar surface area (TPSA) is 54.3 Å². The van der Waals surface area contributed by atoms with Crippen molar-refractivity contribution in [3.05, 3.63) is 80.3 Å². The molecule has 0 spiro atoms. The lowest BCUT2D eigenvalue weighted by Gasteiger charge is -2.12. The van der Waals surface area contributed by atoms with Crippen molar-refractivity contribution < 1.29 is 9.90 Å². The highest BCUT2D eigenvalue weighted by molar-refractivity contribution is 7.09. The van der Waals surface area contributed by atoms with Crippen LogP contribution in [0.4, 0.5) is 0 Å². The van der Waals surface area contributed by atoms with E-state index in [1.54, 1.807) is 11.3 Å². The van der Waals surface area contributed by atoms with E-state index in [0.29, 0.717) is 18.7 Å². The van der Waals surface area contributed by atoms with E-state index in [1.807, 2.05) is 26.0 Å². The molecule has 0 saturated carbocycles. The van der Waals surface area contributed by atoms with Gasteiger partial charge in [-0.3, -0.25) is 0 Å². The molecule has 0 aliphatic rings. The van der Waals surface area contributed by atoms with Gasteiger partial charge in [-0.2, -0.15) is 0 Å². The zero-order valence-corrected chi connectivity index (χ0v) is 16.9. The number of aromatic nitrogens is 1. The molecule has 142 valence electrons. The number of hydrogen-bond acceptors (Lipinski definition) is 3. The van der Waals surface area contributed by atoms with Crippen molar-refractivity contribution >= 4 is 17.3 Å². The number of rotatable bonds is 8. The molecule has 0 fully saturated rings. The van der Waals surface area contributed by atoms with E-state index >= 15 is 0 Å². The highest BCUT2D eigenvalue weighted by atomic mass is 32.1. The molecule has 3 rings (SSSR count). The van der Waals surface area contributed by atoms with Crippen LogP contribution in [0.2, 0.25) is 0 Å². The summed E-state index contributed by atoms with van der Waals surface area (Å²) in [6, 6.07) is 12.4. The Kier molecular flexibility index (Phi) is 6.14. The van der Waals surface area contributed by atoms with Gasteiger partial charge in [0.05, 0.1) is 5.56 Å². The summed E-state index contributed by atoms with van der Waals surface area (Å²) in [5.41, 5.74) is 5.60. The third-order valence-electron chi connectivity index (χ3n) is 5.14. The van der Waals surface area contributed by atoms with Gasteiger partial charge in [0.1, 0.15) is 0 Å². The highest BCUT2D eigenvalue weighted by Crippen LogP contribution is 2.24. The van der Waals surface area contributed by atoms with Crippen molar-refractivity contribution in [3.8, 4) is 0 Å². The fourth-order valence-corrected chi connectivity index (χ4v) is 4.23. The smallest absolute Gasteiger partial charge is 0.337 e. The number of thiophene rings is 1. The van der Waals surface area contributed by atoms with Crippen molar-refractivity contribution in [3.63, 3.8) is 0 Å². The van der Waals surface area contributed by atoms with Crippen LogP contribution in [0.1, 0.15) is 43.3 Å². The van der Waals surface area contributed by atoms with E-state index in [4.69, 9.17) is 0 Å². The van der Waals surface area contributed by atoms with Crippen molar-refractivity contribution in [2.45, 2.75) is 40.3 Å². The maximum atomic E-state index is 11.9. The average Bonchev–Trinajstić information content (AvgIpc) is 3.22. The van der Waals surface area contributed by atoms with Crippen molar-refractivity contribution in [1.82, 2.24) is 9.88 Å². The van der Waals surface area contributed by atoms with Gasteiger partial charge in [-0.1, -0.05) is 30.3 Å². The average molecular weight is 383 g/mol. The minimum Gasteiger partial charge on any atom is -0.478 e. The molecule has 27 heavy (non-hydrogen) atoms. The Balaban J connectivity index is 1.80. The first-order valence-corrected chi connectivity index (χ1v) is 10.1. The van der Waals surface area contributed by atoms with Crippen LogP contribution in [0, 0.1) is 20.8 Å². The monoisotopic (exact) mass is 382 g/mol. The van der Waals surface area contributed by atoms with Gasteiger partial charge in [-0.25, -0.2) is 4.79 Å². The van der Waals surface area contributed by atoms with Crippen LogP contribution in [0.25, 0.3) is 0 Å². The van der Waals surface area contributed by atoms with Crippen LogP contribution in [-0.4, -0.2) is 22.2 Å². The third kappa shape index (κ3) is 4.31. The van der Waals surface area contributed by atoms with Crippen LogP contribution in [0.15, 0.2) is 41.8 Å². The Hall–Kier alpha value is -2.37. The Morgan fingerprint density at radius 1 is 1.11 bits per heavy atom. The SMILES string of the molecule is Cc1ccccc1Cn1c(C)c(CNCCc2cccs2)c(C(=O)O)c1C. The van der Waals surface area contributed by atoms with E-state index in [2.05, 4.69) is 46.5 Å². The van der Waals surface area contributed by atoms with Crippen LogP contribution in [0.5, 0.6) is 0 Å². The van der Waals surface area contributed by atoms with Crippen molar-refractivity contribution in [2.24, 2.45) is 0 Å². The molecule has 0 unspecified atom stereocenters. The van der Waals surface area contributed by atoms with Crippen LogP contribution >= 0.6 is 11.3 Å². The largest absolute Gasteiger partial charge is 0.478 e. The molecule has 3 aromatic rings. The predicted molar refractivity (Wildman–Crippen MR) is 111 cm³/mol. The number of hydrogen-bond donors (Lipinski definition) is 2. The van der Waals surface area contributed by atoms with E-state index in [9.17, 15) is 9.90 Å². The number of nitrogens with one attached hydrogen (secondary N) is 1. The molecule has 2 heterocycles. The van der Waals surface area contributed by atoms with Gasteiger partial charge in [-0.05, 0) is 49.8 Å². The van der Waals surface area contributed by atoms with E-state index in [1.165, 1.54) is 16.0 Å². The van der Waals surface area contributed by atoms with Gasteiger partial charge in [0.25, 0.3) is 0 Å². The number of carbonyl (C=O) groups is 1. The molecule has 1 aromatic carbocycles. The van der Waals surface area contributed by atoms with Gasteiger partial charge in [0, 0.05) is 41.5 Å². The molecule has 5 heteroatoms. The van der Waals surface area contributed by atoms with Crippen LogP contribution < -0.4 is 5.32 Å². The quantitative estimate of drug-likeness (QED) is 0.562. The fourth-order valence-electron chi connectivity index (χ4n) is 3.52. The lowest BCUT2D eigenvalue weighted by atomic mass is 10.1. The summed E-state index contributed by atoms with van der Waals surface area (Å²) >= 11 is 1.75. The first kappa shape index (κ1) is 19.4. The summed E-state index contributed by atoms with van der Waals surface area (Å²) in [7, 11) is 0. The van der Waals surface area contributed by atoms with E-state index in [-0.39, 0.29) is 0 Å². The Labute approximate surface area is 164 Å². The van der Waals surface area contributed by atoms with Crippen molar-refractivity contribution in [2.75, 3.05) is 6.54 Å². The molecule has 0 aliphatic carbocycles. The summed E-state index contributed by atoms with van der Waals surface area (Å²) in [5.74, 6) is -0.853. The maximum absolute atomic E-state index is 11.9. The minimum absolute atomic E-state index is 0.435. The molecule has 2 aromatic heterocycles. The second kappa shape index (κ2) is 8.55. The fraction of sp³-hybridized carbons (Fsp3) is 0.318. The number of benzene rings is 1. The third-order valence-corrected chi connectivity index (χ3v) is 6.08. The Bertz CT molecular complexity index is 926. The lowest BCUT2D eigenvalue weighted by Crippen LogP contribution is -2.18. The molecule has 0 saturated heterocycles. The molecule has 0 radical (unpaired) electrons. The Morgan fingerprint density at radius 2 is 1.89 bits per heavy atom. The zero-order valence-electron chi connectivity index (χ0n) is 16.1. The minimum atomic E-state index is -0.853. The summed E-state index contributed by atoms with van der Waals surface area (Å²) in [5, 5.41) is 15.3. The number of nitrogens with zero attached hydrogens (tertiary/aromatic N) is 1. The van der Waals surface area contributed by atoms with Crippen LogP contribution in [-0.2, 0) is 19.5 Å². The molecule has 2 N–H and O–H groups in total. The van der Waals surface area contributed by atoms with E-state index < -0.39 is 5.97 Å². The second-order valence-electron chi connectivity index (χ2n) is 6.85. The number of carboxylic acids is 1. The maximum Gasteiger partial charge on any atom is 0.337 e. The number of aromatic carboxylic acids is 1. The van der Waals surface area contributed by atoms with Crippen molar-refractivity contribution in [1.29, 1.82) is 0 Å². The molecule has 4 nitrogen and oxygen atoms in total. The summed E-state index contributed by atoms with van der Waals surface area (Å²) in [6.45, 7) is 8.12. The Morgan fingerprint density at radius 3 is 2.56 bits per heavy atom. The molecule has 0 atom stereocenters. The van der Waals surface area contributed by atoms with Gasteiger partial charge in [0.2, 0.25) is 0 Å². The van der Waals surface area contributed by atoms with Crippen LogP contribution in [0.3, 0.4) is 0 Å². The summed E-state index contributed by atoms with van der Waals surface area (Å²) in [4.78, 5) is 13.2. The van der Waals surface area contributed by atoms with Gasteiger partial charge in [0.15, 0.2) is 0 Å². The van der Waals surface area contributed by atoms with Gasteiger partial charge in [-0.15, -0.1) is 11.3 Å². The predicted octanol–water partition coefficient (Wildman–Crippen LogP) is 4.55.